The van der Waals surface area contributed by atoms with E-state index in [4.69, 9.17) is 0 Å². The molecule has 1 fully saturated rings. The zero-order chi connectivity index (χ0) is 9.68. The maximum Gasteiger partial charge on any atom is 0.146 e. The predicted octanol–water partition coefficient (Wildman–Crippen LogP) is 0.603. The van der Waals surface area contributed by atoms with E-state index in [1.807, 2.05) is 6.92 Å². The number of piperazine rings is 1. The molecule has 13 heavy (non-hydrogen) atoms. The third-order valence-corrected chi connectivity index (χ3v) is 2.71. The van der Waals surface area contributed by atoms with E-state index in [2.05, 4.69) is 16.7 Å². The average molecular weight is 184 g/mol. The summed E-state index contributed by atoms with van der Waals surface area (Å²) in [5.41, 5.74) is 0. The van der Waals surface area contributed by atoms with Crippen LogP contribution in [0.2, 0.25) is 0 Å². The van der Waals surface area contributed by atoms with E-state index in [1.165, 1.54) is 0 Å². The SMILES string of the molecule is CCC(=O)CN1CCN(CC)CC1. The molecule has 0 unspecified atom stereocenters. The van der Waals surface area contributed by atoms with Crippen molar-refractivity contribution in [3.05, 3.63) is 0 Å². The van der Waals surface area contributed by atoms with E-state index in [1.54, 1.807) is 0 Å². The lowest BCUT2D eigenvalue weighted by Gasteiger charge is -2.33. The highest BCUT2D eigenvalue weighted by molar-refractivity contribution is 5.80. The largest absolute Gasteiger partial charge is 0.301 e. The van der Waals surface area contributed by atoms with E-state index in [0.29, 0.717) is 18.7 Å². The molecule has 0 N–H and O–H groups in total. The minimum absolute atomic E-state index is 0.366. The van der Waals surface area contributed by atoms with Crippen molar-refractivity contribution in [3.8, 4) is 0 Å². The van der Waals surface area contributed by atoms with Crippen molar-refractivity contribution in [2.45, 2.75) is 20.3 Å². The quantitative estimate of drug-likeness (QED) is 0.639. The first-order chi connectivity index (χ1) is 6.26. The van der Waals surface area contributed by atoms with Gasteiger partial charge in [0.25, 0.3) is 0 Å². The fourth-order valence-corrected chi connectivity index (χ4v) is 1.62. The average Bonchev–Trinajstić information content (AvgIpc) is 2.19. The Hall–Kier alpha value is -0.410. The zero-order valence-electron chi connectivity index (χ0n) is 8.75. The highest BCUT2D eigenvalue weighted by atomic mass is 16.1. The van der Waals surface area contributed by atoms with Crippen LogP contribution in [0.4, 0.5) is 0 Å². The smallest absolute Gasteiger partial charge is 0.146 e. The van der Waals surface area contributed by atoms with Gasteiger partial charge in [0, 0.05) is 32.6 Å². The van der Waals surface area contributed by atoms with Gasteiger partial charge < -0.3 is 4.90 Å². The number of rotatable bonds is 4. The number of Topliss-reactive ketones (excluding diaryl/α,β-unsaturated/α-hetero) is 1. The molecular formula is C10H20N2O. The Kier molecular flexibility index (Phi) is 4.39. The zero-order valence-corrected chi connectivity index (χ0v) is 8.75. The van der Waals surface area contributed by atoms with E-state index in [0.717, 1.165) is 32.7 Å². The van der Waals surface area contributed by atoms with Crippen LogP contribution in [0.5, 0.6) is 0 Å². The van der Waals surface area contributed by atoms with Gasteiger partial charge in [-0.15, -0.1) is 0 Å². The Bertz CT molecular complexity index is 162. The van der Waals surface area contributed by atoms with Crippen molar-refractivity contribution in [3.63, 3.8) is 0 Å². The summed E-state index contributed by atoms with van der Waals surface area (Å²) in [7, 11) is 0. The molecular weight excluding hydrogens is 164 g/mol. The van der Waals surface area contributed by atoms with Crippen LogP contribution in [0.25, 0.3) is 0 Å². The maximum absolute atomic E-state index is 11.2. The summed E-state index contributed by atoms with van der Waals surface area (Å²) >= 11 is 0. The summed E-state index contributed by atoms with van der Waals surface area (Å²) in [4.78, 5) is 15.9. The van der Waals surface area contributed by atoms with Crippen LogP contribution in [0.15, 0.2) is 0 Å². The molecule has 76 valence electrons. The number of nitrogens with zero attached hydrogens (tertiary/aromatic N) is 2. The van der Waals surface area contributed by atoms with Crippen LogP contribution >= 0.6 is 0 Å². The van der Waals surface area contributed by atoms with Gasteiger partial charge in [-0.3, -0.25) is 9.69 Å². The van der Waals surface area contributed by atoms with E-state index >= 15 is 0 Å². The predicted molar refractivity (Wildman–Crippen MR) is 53.9 cm³/mol. The van der Waals surface area contributed by atoms with Crippen LogP contribution in [0, 0.1) is 0 Å². The van der Waals surface area contributed by atoms with Crippen molar-refractivity contribution in [1.29, 1.82) is 0 Å². The molecule has 1 aliphatic heterocycles. The summed E-state index contributed by atoms with van der Waals surface area (Å²) in [6.45, 7) is 10.3. The second-order valence-corrected chi connectivity index (χ2v) is 3.60. The highest BCUT2D eigenvalue weighted by Crippen LogP contribution is 2.01. The van der Waals surface area contributed by atoms with Gasteiger partial charge in [-0.05, 0) is 6.54 Å². The Morgan fingerprint density at radius 2 is 1.62 bits per heavy atom. The highest BCUT2D eigenvalue weighted by Gasteiger charge is 2.16. The van der Waals surface area contributed by atoms with Crippen molar-refractivity contribution >= 4 is 5.78 Å². The lowest BCUT2D eigenvalue weighted by molar-refractivity contribution is -0.120. The number of carbonyl (C=O) groups excluding carboxylic acids is 1. The number of carbonyl (C=O) groups is 1. The Morgan fingerprint density at radius 3 is 2.08 bits per heavy atom. The Morgan fingerprint density at radius 1 is 1.08 bits per heavy atom. The van der Waals surface area contributed by atoms with Crippen molar-refractivity contribution in [2.24, 2.45) is 0 Å². The van der Waals surface area contributed by atoms with Crippen molar-refractivity contribution < 1.29 is 4.79 Å². The standard InChI is InChI=1S/C10H20N2O/c1-3-10(13)9-12-7-5-11(4-2)6-8-12/h3-9H2,1-2H3. The molecule has 0 aliphatic carbocycles. The van der Waals surface area contributed by atoms with Gasteiger partial charge in [0.2, 0.25) is 0 Å². The topological polar surface area (TPSA) is 23.6 Å². The molecule has 0 aromatic rings. The fourth-order valence-electron chi connectivity index (χ4n) is 1.62. The second kappa shape index (κ2) is 5.35. The molecule has 0 spiro atoms. The third-order valence-electron chi connectivity index (χ3n) is 2.71. The number of hydrogen-bond donors (Lipinski definition) is 0. The molecule has 3 nitrogen and oxygen atoms in total. The molecule has 0 aromatic heterocycles. The molecule has 3 heteroatoms. The molecule has 1 saturated heterocycles. The first-order valence-electron chi connectivity index (χ1n) is 5.22. The monoisotopic (exact) mass is 184 g/mol. The van der Waals surface area contributed by atoms with Crippen LogP contribution in [0.3, 0.4) is 0 Å². The minimum atomic E-state index is 0.366. The lowest BCUT2D eigenvalue weighted by Crippen LogP contribution is -2.47. The number of ketones is 1. The lowest BCUT2D eigenvalue weighted by atomic mass is 10.2. The van der Waals surface area contributed by atoms with E-state index in [-0.39, 0.29) is 0 Å². The molecule has 1 aliphatic rings. The summed E-state index contributed by atoms with van der Waals surface area (Å²) in [5.74, 6) is 0.366. The van der Waals surface area contributed by atoms with Crippen molar-refractivity contribution in [1.82, 2.24) is 9.80 Å². The molecule has 0 amide bonds. The summed E-state index contributed by atoms with van der Waals surface area (Å²) in [6.07, 6.45) is 0.675. The molecule has 0 atom stereocenters. The third kappa shape index (κ3) is 3.44. The fraction of sp³-hybridized carbons (Fsp3) is 0.900. The summed E-state index contributed by atoms with van der Waals surface area (Å²) < 4.78 is 0. The summed E-state index contributed by atoms with van der Waals surface area (Å²) in [5, 5.41) is 0. The Balaban J connectivity index is 2.21. The Labute approximate surface area is 80.7 Å². The van der Waals surface area contributed by atoms with Gasteiger partial charge in [-0.2, -0.15) is 0 Å². The van der Waals surface area contributed by atoms with E-state index in [9.17, 15) is 4.79 Å². The van der Waals surface area contributed by atoms with Crippen LogP contribution < -0.4 is 0 Å². The van der Waals surface area contributed by atoms with E-state index < -0.39 is 0 Å². The first-order valence-corrected chi connectivity index (χ1v) is 5.22. The maximum atomic E-state index is 11.2. The van der Waals surface area contributed by atoms with Gasteiger partial charge in [-0.25, -0.2) is 0 Å². The van der Waals surface area contributed by atoms with Gasteiger partial charge in [0.15, 0.2) is 0 Å². The summed E-state index contributed by atoms with van der Waals surface area (Å²) in [6, 6.07) is 0. The van der Waals surface area contributed by atoms with Gasteiger partial charge in [-0.1, -0.05) is 13.8 Å². The normalized spacial score (nSPS) is 20.5. The number of likely N-dealkylation sites (N-methyl/N-ethyl adjacent to an activating group) is 1. The van der Waals surface area contributed by atoms with Crippen molar-refractivity contribution in [2.75, 3.05) is 39.3 Å². The van der Waals surface area contributed by atoms with Crippen LogP contribution in [-0.2, 0) is 4.79 Å². The molecule has 0 bridgehead atoms. The molecule has 1 rings (SSSR count). The van der Waals surface area contributed by atoms with Crippen LogP contribution in [0.1, 0.15) is 20.3 Å². The molecule has 1 heterocycles. The second-order valence-electron chi connectivity index (χ2n) is 3.60. The van der Waals surface area contributed by atoms with Gasteiger partial charge >= 0.3 is 0 Å². The number of hydrogen-bond acceptors (Lipinski definition) is 3. The first kappa shape index (κ1) is 10.7. The minimum Gasteiger partial charge on any atom is -0.301 e. The molecule has 0 aromatic carbocycles. The van der Waals surface area contributed by atoms with Gasteiger partial charge in [0.1, 0.15) is 5.78 Å². The van der Waals surface area contributed by atoms with Gasteiger partial charge in [0.05, 0.1) is 6.54 Å². The molecule has 0 saturated carbocycles. The molecule has 0 radical (unpaired) electrons. The van der Waals surface area contributed by atoms with Crippen LogP contribution in [-0.4, -0.2) is 54.9 Å².